The van der Waals surface area contributed by atoms with Crippen molar-refractivity contribution in [2.75, 3.05) is 26.7 Å². The molecular formula is C20H32N2O2. The number of amides is 1. The van der Waals surface area contributed by atoms with Crippen LogP contribution in [-0.4, -0.2) is 43.6 Å². The summed E-state index contributed by atoms with van der Waals surface area (Å²) in [6.07, 6.45) is 5.22. The zero-order valence-corrected chi connectivity index (χ0v) is 15.4. The van der Waals surface area contributed by atoms with Crippen molar-refractivity contribution in [1.82, 2.24) is 10.2 Å². The van der Waals surface area contributed by atoms with Crippen LogP contribution >= 0.6 is 0 Å². The lowest BCUT2D eigenvalue weighted by Crippen LogP contribution is -2.48. The predicted molar refractivity (Wildman–Crippen MR) is 98.4 cm³/mol. The highest BCUT2D eigenvalue weighted by Crippen LogP contribution is 2.17. The summed E-state index contributed by atoms with van der Waals surface area (Å²) >= 11 is 0. The van der Waals surface area contributed by atoms with Crippen LogP contribution in [0.5, 0.6) is 5.75 Å². The predicted octanol–water partition coefficient (Wildman–Crippen LogP) is 3.25. The van der Waals surface area contributed by atoms with Crippen LogP contribution in [0.4, 0.5) is 0 Å². The van der Waals surface area contributed by atoms with Gasteiger partial charge in [0.1, 0.15) is 5.75 Å². The van der Waals surface area contributed by atoms with Crippen LogP contribution in [0.3, 0.4) is 0 Å². The van der Waals surface area contributed by atoms with Crippen LogP contribution in [0.15, 0.2) is 24.3 Å². The van der Waals surface area contributed by atoms with E-state index in [4.69, 9.17) is 4.74 Å². The Morgan fingerprint density at radius 2 is 1.83 bits per heavy atom. The fourth-order valence-corrected chi connectivity index (χ4v) is 3.39. The molecule has 0 bridgehead atoms. The molecule has 0 saturated carbocycles. The van der Waals surface area contributed by atoms with Crippen molar-refractivity contribution < 1.29 is 9.53 Å². The molecule has 0 spiro atoms. The van der Waals surface area contributed by atoms with Gasteiger partial charge in [0, 0.05) is 19.0 Å². The number of likely N-dealkylation sites (tertiary alicyclic amines) is 1. The van der Waals surface area contributed by atoms with Crippen molar-refractivity contribution >= 4 is 5.91 Å². The van der Waals surface area contributed by atoms with Crippen LogP contribution in [0, 0.1) is 5.92 Å². The fraction of sp³-hybridized carbons (Fsp3) is 0.650. The minimum atomic E-state index is 0.147. The Morgan fingerprint density at radius 1 is 1.17 bits per heavy atom. The fourth-order valence-electron chi connectivity index (χ4n) is 3.39. The van der Waals surface area contributed by atoms with Gasteiger partial charge in [-0.2, -0.15) is 0 Å². The van der Waals surface area contributed by atoms with Crippen molar-refractivity contribution in [1.29, 1.82) is 0 Å². The van der Waals surface area contributed by atoms with Gasteiger partial charge >= 0.3 is 0 Å². The third kappa shape index (κ3) is 5.82. The lowest BCUT2D eigenvalue weighted by atomic mass is 9.99. The van der Waals surface area contributed by atoms with E-state index in [2.05, 4.69) is 24.1 Å². The van der Waals surface area contributed by atoms with Crippen LogP contribution in [0.2, 0.25) is 0 Å². The van der Waals surface area contributed by atoms with E-state index in [0.29, 0.717) is 18.4 Å². The second kappa shape index (κ2) is 9.67. The molecule has 1 heterocycles. The van der Waals surface area contributed by atoms with Gasteiger partial charge in [0.2, 0.25) is 5.91 Å². The number of piperidine rings is 1. The van der Waals surface area contributed by atoms with E-state index in [0.717, 1.165) is 18.7 Å². The van der Waals surface area contributed by atoms with E-state index < -0.39 is 0 Å². The summed E-state index contributed by atoms with van der Waals surface area (Å²) in [6.45, 7) is 7.61. The van der Waals surface area contributed by atoms with Gasteiger partial charge in [-0.3, -0.25) is 9.69 Å². The first-order chi connectivity index (χ1) is 11.6. The Hall–Kier alpha value is -1.55. The molecule has 2 rings (SSSR count). The maximum Gasteiger partial charge on any atom is 0.220 e. The number of rotatable bonds is 8. The van der Waals surface area contributed by atoms with Crippen LogP contribution in [0.1, 0.15) is 45.1 Å². The molecule has 4 nitrogen and oxygen atoms in total. The molecule has 1 aliphatic heterocycles. The molecular weight excluding hydrogens is 300 g/mol. The minimum Gasteiger partial charge on any atom is -0.497 e. The average molecular weight is 332 g/mol. The molecule has 1 atom stereocenters. The summed E-state index contributed by atoms with van der Waals surface area (Å²) in [6, 6.07) is 8.39. The van der Waals surface area contributed by atoms with Gasteiger partial charge in [-0.25, -0.2) is 0 Å². The molecule has 1 saturated heterocycles. The summed E-state index contributed by atoms with van der Waals surface area (Å²) in [5.74, 6) is 1.56. The normalized spacial score (nSPS) is 16.8. The molecule has 1 unspecified atom stereocenters. The smallest absolute Gasteiger partial charge is 0.220 e. The zero-order chi connectivity index (χ0) is 17.4. The summed E-state index contributed by atoms with van der Waals surface area (Å²) in [5, 5.41) is 3.15. The SMILES string of the molecule is COc1ccc(CCC(=O)NCC(C(C)C)N2CCCCC2)cc1. The van der Waals surface area contributed by atoms with Crippen LogP contribution in [0.25, 0.3) is 0 Å². The Kier molecular flexibility index (Phi) is 7.57. The van der Waals surface area contributed by atoms with Gasteiger partial charge < -0.3 is 10.1 Å². The standard InChI is InChI=1S/C20H32N2O2/c1-16(2)19(22-13-5-4-6-14-22)15-21-20(23)12-9-17-7-10-18(24-3)11-8-17/h7-8,10-11,16,19H,4-6,9,12-15H2,1-3H3,(H,21,23). The highest BCUT2D eigenvalue weighted by atomic mass is 16.5. The number of nitrogens with zero attached hydrogens (tertiary/aromatic N) is 1. The third-order valence-corrected chi connectivity index (χ3v) is 4.94. The first-order valence-electron chi connectivity index (χ1n) is 9.24. The number of benzene rings is 1. The van der Waals surface area contributed by atoms with Crippen molar-refractivity contribution in [2.45, 2.75) is 52.0 Å². The molecule has 0 radical (unpaired) electrons. The average Bonchev–Trinajstić information content (AvgIpc) is 2.61. The lowest BCUT2D eigenvalue weighted by Gasteiger charge is -2.37. The molecule has 0 aromatic heterocycles. The van der Waals surface area contributed by atoms with Crippen LogP contribution < -0.4 is 10.1 Å². The number of ether oxygens (including phenoxy) is 1. The largest absolute Gasteiger partial charge is 0.497 e. The highest BCUT2D eigenvalue weighted by Gasteiger charge is 2.23. The van der Waals surface area contributed by atoms with Crippen LogP contribution in [-0.2, 0) is 11.2 Å². The number of nitrogens with one attached hydrogen (secondary N) is 1. The van der Waals surface area contributed by atoms with Crippen molar-refractivity contribution in [3.63, 3.8) is 0 Å². The van der Waals surface area contributed by atoms with Crippen molar-refractivity contribution in [3.8, 4) is 5.75 Å². The monoisotopic (exact) mass is 332 g/mol. The maximum atomic E-state index is 12.2. The van der Waals surface area contributed by atoms with E-state index >= 15 is 0 Å². The summed E-state index contributed by atoms with van der Waals surface area (Å²) in [4.78, 5) is 14.7. The number of methoxy groups -OCH3 is 1. The zero-order valence-electron chi connectivity index (χ0n) is 15.4. The van der Waals surface area contributed by atoms with E-state index in [1.54, 1.807) is 7.11 Å². The number of carbonyl (C=O) groups is 1. The van der Waals surface area contributed by atoms with E-state index in [1.807, 2.05) is 24.3 Å². The highest BCUT2D eigenvalue weighted by molar-refractivity contribution is 5.76. The topological polar surface area (TPSA) is 41.6 Å². The lowest BCUT2D eigenvalue weighted by molar-refractivity contribution is -0.121. The Labute approximate surface area is 146 Å². The first kappa shape index (κ1) is 18.8. The number of hydrogen-bond donors (Lipinski definition) is 1. The summed E-state index contributed by atoms with van der Waals surface area (Å²) < 4.78 is 5.16. The van der Waals surface area contributed by atoms with Crippen molar-refractivity contribution in [3.05, 3.63) is 29.8 Å². The molecule has 0 aliphatic carbocycles. The van der Waals surface area contributed by atoms with E-state index in [1.165, 1.54) is 37.9 Å². The Bertz CT molecular complexity index is 493. The van der Waals surface area contributed by atoms with E-state index in [9.17, 15) is 4.79 Å². The van der Waals surface area contributed by atoms with Gasteiger partial charge in [0.15, 0.2) is 0 Å². The first-order valence-corrected chi connectivity index (χ1v) is 9.24. The number of hydrogen-bond acceptors (Lipinski definition) is 3. The molecule has 1 aliphatic rings. The Morgan fingerprint density at radius 3 is 2.42 bits per heavy atom. The van der Waals surface area contributed by atoms with Gasteiger partial charge in [0.05, 0.1) is 7.11 Å². The van der Waals surface area contributed by atoms with Gasteiger partial charge in [0.25, 0.3) is 0 Å². The molecule has 24 heavy (non-hydrogen) atoms. The number of aryl methyl sites for hydroxylation is 1. The second-order valence-corrected chi connectivity index (χ2v) is 7.06. The number of carbonyl (C=O) groups excluding carboxylic acids is 1. The van der Waals surface area contributed by atoms with Gasteiger partial charge in [-0.15, -0.1) is 0 Å². The maximum absolute atomic E-state index is 12.2. The van der Waals surface area contributed by atoms with E-state index in [-0.39, 0.29) is 5.91 Å². The molecule has 4 heteroatoms. The van der Waals surface area contributed by atoms with Gasteiger partial charge in [-0.1, -0.05) is 32.4 Å². The molecule has 1 N–H and O–H groups in total. The third-order valence-electron chi connectivity index (χ3n) is 4.94. The molecule has 1 amide bonds. The Balaban J connectivity index is 1.75. The van der Waals surface area contributed by atoms with Gasteiger partial charge in [-0.05, 0) is 56.0 Å². The quantitative estimate of drug-likeness (QED) is 0.794. The molecule has 134 valence electrons. The van der Waals surface area contributed by atoms with Crippen molar-refractivity contribution in [2.24, 2.45) is 5.92 Å². The molecule has 1 aromatic rings. The second-order valence-electron chi connectivity index (χ2n) is 7.06. The molecule has 1 aromatic carbocycles. The molecule has 1 fully saturated rings. The minimum absolute atomic E-state index is 0.147. The summed E-state index contributed by atoms with van der Waals surface area (Å²) in [5.41, 5.74) is 1.17. The summed E-state index contributed by atoms with van der Waals surface area (Å²) in [7, 11) is 1.66.